The second-order valence-electron chi connectivity index (χ2n) is 5.59. The van der Waals surface area contributed by atoms with Crippen LogP contribution in [-0.2, 0) is 4.84 Å². The number of nitrogens with two attached hydrogens (primary N) is 1. The van der Waals surface area contributed by atoms with Gasteiger partial charge in [-0.3, -0.25) is 0 Å². The lowest BCUT2D eigenvalue weighted by molar-refractivity contribution is 0.107. The van der Waals surface area contributed by atoms with Gasteiger partial charge in [0.05, 0.1) is 11.6 Å². The Morgan fingerprint density at radius 3 is 2.43 bits per heavy atom. The molecule has 0 fully saturated rings. The lowest BCUT2D eigenvalue weighted by atomic mass is 10.2. The zero-order chi connectivity index (χ0) is 19.6. The van der Waals surface area contributed by atoms with E-state index in [1.807, 2.05) is 36.4 Å². The number of hydrogen-bond acceptors (Lipinski definition) is 6. The van der Waals surface area contributed by atoms with E-state index in [0.717, 1.165) is 0 Å². The van der Waals surface area contributed by atoms with Gasteiger partial charge in [0.1, 0.15) is 18.1 Å². The van der Waals surface area contributed by atoms with Gasteiger partial charge in [-0.05, 0) is 42.5 Å². The van der Waals surface area contributed by atoms with E-state index in [4.69, 9.17) is 25.3 Å². The van der Waals surface area contributed by atoms with Crippen LogP contribution in [0.15, 0.2) is 78.1 Å². The molecule has 0 aliphatic rings. The molecule has 7 heteroatoms. The summed E-state index contributed by atoms with van der Waals surface area (Å²) in [5.41, 5.74) is 7.09. The lowest BCUT2D eigenvalue weighted by Gasteiger charge is -2.06. The van der Waals surface area contributed by atoms with Crippen LogP contribution in [0, 0.1) is 11.3 Å². The third-order valence-electron chi connectivity index (χ3n) is 3.59. The smallest absolute Gasteiger partial charge is 0.219 e. The second-order valence-corrected chi connectivity index (χ2v) is 5.59. The molecule has 7 nitrogen and oxygen atoms in total. The quantitative estimate of drug-likeness (QED) is 0.280. The van der Waals surface area contributed by atoms with Crippen LogP contribution in [0.3, 0.4) is 0 Å². The molecular weight excluding hydrogens is 356 g/mol. The van der Waals surface area contributed by atoms with E-state index in [-0.39, 0.29) is 12.4 Å². The van der Waals surface area contributed by atoms with E-state index >= 15 is 0 Å². The van der Waals surface area contributed by atoms with Crippen LogP contribution in [0.5, 0.6) is 17.4 Å². The molecule has 0 saturated carbocycles. The van der Waals surface area contributed by atoms with Gasteiger partial charge in [0.15, 0.2) is 12.4 Å². The van der Waals surface area contributed by atoms with Crippen LogP contribution in [0.2, 0.25) is 0 Å². The minimum Gasteiger partial charge on any atom is -0.490 e. The van der Waals surface area contributed by atoms with E-state index in [9.17, 15) is 0 Å². The number of amidine groups is 1. The molecule has 3 aromatic rings. The first-order valence-corrected chi connectivity index (χ1v) is 8.52. The van der Waals surface area contributed by atoms with E-state index in [0.29, 0.717) is 35.1 Å². The Morgan fingerprint density at radius 1 is 0.964 bits per heavy atom. The minimum absolute atomic E-state index is 0.206. The van der Waals surface area contributed by atoms with E-state index in [2.05, 4.69) is 10.1 Å². The maximum atomic E-state index is 8.75. The number of aromatic nitrogens is 1. The average molecular weight is 374 g/mol. The summed E-state index contributed by atoms with van der Waals surface area (Å²) in [6.07, 6.45) is 1.56. The summed E-state index contributed by atoms with van der Waals surface area (Å²) in [5.74, 6) is 2.02. The Bertz CT molecular complexity index is 950. The Balaban J connectivity index is 1.44. The molecule has 28 heavy (non-hydrogen) atoms. The van der Waals surface area contributed by atoms with Gasteiger partial charge in [0.25, 0.3) is 0 Å². The van der Waals surface area contributed by atoms with Gasteiger partial charge in [0, 0.05) is 17.8 Å². The topological polar surface area (TPSA) is 103 Å². The molecule has 0 amide bonds. The number of benzene rings is 2. The van der Waals surface area contributed by atoms with Crippen molar-refractivity contribution in [3.05, 3.63) is 84.1 Å². The van der Waals surface area contributed by atoms with Gasteiger partial charge >= 0.3 is 0 Å². The maximum absolute atomic E-state index is 8.75. The molecule has 1 heterocycles. The maximum Gasteiger partial charge on any atom is 0.219 e. The SMILES string of the molecule is N#Cc1ccc(OCCO/N=C(/N)c2ccc(Oc3ccccc3)nc2)cc1. The molecule has 2 aromatic carbocycles. The van der Waals surface area contributed by atoms with Crippen LogP contribution in [0.4, 0.5) is 0 Å². The fourth-order valence-electron chi connectivity index (χ4n) is 2.19. The first kappa shape index (κ1) is 18.7. The first-order valence-electron chi connectivity index (χ1n) is 8.52. The Kier molecular flexibility index (Phi) is 6.42. The summed E-state index contributed by atoms with van der Waals surface area (Å²) in [5, 5.41) is 12.6. The molecule has 0 bridgehead atoms. The summed E-state index contributed by atoms with van der Waals surface area (Å²) in [4.78, 5) is 9.38. The largest absolute Gasteiger partial charge is 0.490 e. The van der Waals surface area contributed by atoms with E-state index in [1.54, 1.807) is 42.6 Å². The third kappa shape index (κ3) is 5.47. The van der Waals surface area contributed by atoms with Crippen LogP contribution < -0.4 is 15.2 Å². The van der Waals surface area contributed by atoms with E-state index in [1.165, 1.54) is 0 Å². The molecule has 0 saturated heterocycles. The van der Waals surface area contributed by atoms with Crippen molar-refractivity contribution in [2.75, 3.05) is 13.2 Å². The number of para-hydroxylation sites is 1. The van der Waals surface area contributed by atoms with Gasteiger partial charge in [-0.2, -0.15) is 5.26 Å². The molecule has 3 rings (SSSR count). The van der Waals surface area contributed by atoms with Crippen molar-refractivity contribution in [3.63, 3.8) is 0 Å². The normalized spacial score (nSPS) is 10.8. The number of pyridine rings is 1. The van der Waals surface area contributed by atoms with Crippen molar-refractivity contribution in [2.45, 2.75) is 0 Å². The van der Waals surface area contributed by atoms with Crippen molar-refractivity contribution in [1.29, 1.82) is 5.26 Å². The summed E-state index contributed by atoms with van der Waals surface area (Å²) in [7, 11) is 0. The van der Waals surface area contributed by atoms with Crippen molar-refractivity contribution in [1.82, 2.24) is 4.98 Å². The molecule has 0 unspecified atom stereocenters. The van der Waals surface area contributed by atoms with Crippen LogP contribution in [-0.4, -0.2) is 24.0 Å². The first-order chi connectivity index (χ1) is 13.7. The fourth-order valence-corrected chi connectivity index (χ4v) is 2.19. The van der Waals surface area contributed by atoms with Crippen LogP contribution in [0.25, 0.3) is 0 Å². The molecule has 0 aliphatic heterocycles. The fraction of sp³-hybridized carbons (Fsp3) is 0.0952. The standard InChI is InChI=1S/C21H18N4O3/c22-14-16-6-9-18(10-7-16)26-12-13-27-25-21(23)17-8-11-20(24-15-17)28-19-4-2-1-3-5-19/h1-11,15H,12-13H2,(H2,23,25). The number of nitriles is 1. The predicted octanol–water partition coefficient (Wildman–Crippen LogP) is 3.46. The summed E-state index contributed by atoms with van der Waals surface area (Å²) in [6.45, 7) is 0.522. The zero-order valence-electron chi connectivity index (χ0n) is 15.0. The Labute approximate surface area is 162 Å². The van der Waals surface area contributed by atoms with Gasteiger partial charge in [-0.15, -0.1) is 0 Å². The monoisotopic (exact) mass is 374 g/mol. The number of ether oxygens (including phenoxy) is 2. The molecular formula is C21H18N4O3. The van der Waals surface area contributed by atoms with Gasteiger partial charge < -0.3 is 20.0 Å². The van der Waals surface area contributed by atoms with Gasteiger partial charge in [0.2, 0.25) is 5.88 Å². The second kappa shape index (κ2) is 9.59. The number of nitrogens with zero attached hydrogens (tertiary/aromatic N) is 3. The summed E-state index contributed by atoms with van der Waals surface area (Å²) in [6, 6.07) is 21.7. The van der Waals surface area contributed by atoms with Crippen LogP contribution >= 0.6 is 0 Å². The zero-order valence-corrected chi connectivity index (χ0v) is 15.0. The molecule has 0 atom stereocenters. The summed E-state index contributed by atoms with van der Waals surface area (Å²) < 4.78 is 11.1. The Hall–Kier alpha value is -4.05. The molecule has 0 spiro atoms. The van der Waals surface area contributed by atoms with Crippen molar-refractivity contribution in [3.8, 4) is 23.4 Å². The highest BCUT2D eigenvalue weighted by Gasteiger charge is 2.03. The van der Waals surface area contributed by atoms with Crippen molar-refractivity contribution in [2.24, 2.45) is 10.9 Å². The lowest BCUT2D eigenvalue weighted by Crippen LogP contribution is -2.15. The predicted molar refractivity (Wildman–Crippen MR) is 104 cm³/mol. The molecule has 1 aromatic heterocycles. The highest BCUT2D eigenvalue weighted by molar-refractivity contribution is 5.96. The number of oxime groups is 1. The number of rotatable bonds is 8. The minimum atomic E-state index is 0.206. The van der Waals surface area contributed by atoms with E-state index < -0.39 is 0 Å². The highest BCUT2D eigenvalue weighted by atomic mass is 16.6. The molecule has 2 N–H and O–H groups in total. The number of hydrogen-bond donors (Lipinski definition) is 1. The van der Waals surface area contributed by atoms with Gasteiger partial charge in [-0.1, -0.05) is 23.4 Å². The van der Waals surface area contributed by atoms with Crippen molar-refractivity contribution < 1.29 is 14.3 Å². The van der Waals surface area contributed by atoms with Crippen molar-refractivity contribution >= 4 is 5.84 Å². The summed E-state index contributed by atoms with van der Waals surface area (Å²) >= 11 is 0. The molecule has 0 radical (unpaired) electrons. The molecule has 0 aliphatic carbocycles. The average Bonchev–Trinajstić information content (AvgIpc) is 2.75. The Morgan fingerprint density at radius 2 is 1.75 bits per heavy atom. The highest BCUT2D eigenvalue weighted by Crippen LogP contribution is 2.18. The van der Waals surface area contributed by atoms with Crippen LogP contribution in [0.1, 0.15) is 11.1 Å². The third-order valence-corrected chi connectivity index (χ3v) is 3.59. The van der Waals surface area contributed by atoms with Gasteiger partial charge in [-0.25, -0.2) is 4.98 Å². The molecule has 140 valence electrons.